The standard InChI is InChI=1S/C9H13BBrNO2/c1-9(2,3)8-7(10(13)14)4-6(11)5-12-8/h4-5,13-14H,1-3H3. The summed E-state index contributed by atoms with van der Waals surface area (Å²) in [5.41, 5.74) is 0.960. The van der Waals surface area contributed by atoms with Crippen LogP contribution in [0.1, 0.15) is 26.5 Å². The first-order valence-electron chi connectivity index (χ1n) is 4.34. The summed E-state index contributed by atoms with van der Waals surface area (Å²) in [6.07, 6.45) is 1.66. The highest BCUT2D eigenvalue weighted by molar-refractivity contribution is 9.10. The number of pyridine rings is 1. The summed E-state index contributed by atoms with van der Waals surface area (Å²) < 4.78 is 0.744. The molecule has 0 bridgehead atoms. The first-order valence-corrected chi connectivity index (χ1v) is 5.13. The van der Waals surface area contributed by atoms with Crippen LogP contribution in [0.4, 0.5) is 0 Å². The molecule has 1 aromatic heterocycles. The van der Waals surface area contributed by atoms with Crippen molar-refractivity contribution in [3.8, 4) is 0 Å². The van der Waals surface area contributed by atoms with Crippen molar-refractivity contribution >= 4 is 28.5 Å². The van der Waals surface area contributed by atoms with Crippen LogP contribution in [0.5, 0.6) is 0 Å². The summed E-state index contributed by atoms with van der Waals surface area (Å²) in [6, 6.07) is 1.68. The minimum atomic E-state index is -1.48. The molecule has 0 saturated carbocycles. The number of hydrogen-bond donors (Lipinski definition) is 2. The molecule has 0 amide bonds. The maximum absolute atomic E-state index is 9.19. The van der Waals surface area contributed by atoms with Gasteiger partial charge in [0.25, 0.3) is 0 Å². The first kappa shape index (κ1) is 11.7. The lowest BCUT2D eigenvalue weighted by atomic mass is 9.73. The zero-order valence-corrected chi connectivity index (χ0v) is 10.0. The Morgan fingerprint density at radius 3 is 2.36 bits per heavy atom. The maximum atomic E-state index is 9.19. The fourth-order valence-electron chi connectivity index (χ4n) is 1.28. The molecule has 0 aliphatic carbocycles. The van der Waals surface area contributed by atoms with Crippen LogP contribution in [0, 0.1) is 0 Å². The van der Waals surface area contributed by atoms with Crippen molar-refractivity contribution in [3.05, 3.63) is 22.4 Å². The molecular formula is C9H13BBrNO2. The second kappa shape index (κ2) is 4.00. The molecular weight excluding hydrogens is 245 g/mol. The number of aromatic nitrogens is 1. The van der Waals surface area contributed by atoms with Crippen LogP contribution in [0.3, 0.4) is 0 Å². The Hall–Kier alpha value is -0.385. The van der Waals surface area contributed by atoms with Crippen LogP contribution >= 0.6 is 15.9 Å². The van der Waals surface area contributed by atoms with E-state index in [2.05, 4.69) is 20.9 Å². The summed E-state index contributed by atoms with van der Waals surface area (Å²) in [5, 5.41) is 18.4. The highest BCUT2D eigenvalue weighted by atomic mass is 79.9. The molecule has 0 aromatic carbocycles. The first-order chi connectivity index (χ1) is 6.32. The molecule has 14 heavy (non-hydrogen) atoms. The van der Waals surface area contributed by atoms with Gasteiger partial charge in [-0.25, -0.2) is 0 Å². The lowest BCUT2D eigenvalue weighted by Gasteiger charge is -2.21. The Morgan fingerprint density at radius 2 is 1.93 bits per heavy atom. The fraction of sp³-hybridized carbons (Fsp3) is 0.444. The number of nitrogens with zero attached hydrogens (tertiary/aromatic N) is 1. The fourth-order valence-corrected chi connectivity index (χ4v) is 1.63. The van der Waals surface area contributed by atoms with Gasteiger partial charge in [0.1, 0.15) is 0 Å². The normalized spacial score (nSPS) is 11.6. The Labute approximate surface area is 92.5 Å². The van der Waals surface area contributed by atoms with Gasteiger partial charge in [-0.3, -0.25) is 4.98 Å². The van der Waals surface area contributed by atoms with Crippen LogP contribution in [-0.4, -0.2) is 22.2 Å². The summed E-state index contributed by atoms with van der Waals surface area (Å²) >= 11 is 3.25. The third-order valence-corrected chi connectivity index (χ3v) is 2.31. The summed E-state index contributed by atoms with van der Waals surface area (Å²) in [7, 11) is -1.48. The van der Waals surface area contributed by atoms with Crippen molar-refractivity contribution in [1.82, 2.24) is 4.98 Å². The molecule has 0 aliphatic rings. The smallest absolute Gasteiger partial charge is 0.423 e. The topological polar surface area (TPSA) is 53.4 Å². The maximum Gasteiger partial charge on any atom is 0.490 e. The molecule has 76 valence electrons. The molecule has 0 unspecified atom stereocenters. The van der Waals surface area contributed by atoms with Gasteiger partial charge in [0, 0.05) is 27.2 Å². The van der Waals surface area contributed by atoms with Crippen LogP contribution in [0.15, 0.2) is 16.7 Å². The SMILES string of the molecule is CC(C)(C)c1ncc(Br)cc1B(O)O. The van der Waals surface area contributed by atoms with E-state index < -0.39 is 7.12 Å². The third-order valence-electron chi connectivity index (χ3n) is 1.87. The van der Waals surface area contributed by atoms with Crippen LogP contribution < -0.4 is 5.46 Å². The highest BCUT2D eigenvalue weighted by Gasteiger charge is 2.25. The molecule has 5 heteroatoms. The Balaban J connectivity index is 3.29. The van der Waals surface area contributed by atoms with Crippen molar-refractivity contribution in [2.45, 2.75) is 26.2 Å². The molecule has 0 atom stereocenters. The average Bonchev–Trinajstić information content (AvgIpc) is 2.01. The number of hydrogen-bond acceptors (Lipinski definition) is 3. The van der Waals surface area contributed by atoms with Gasteiger partial charge < -0.3 is 10.0 Å². The predicted molar refractivity (Wildman–Crippen MR) is 60.5 cm³/mol. The number of halogens is 1. The molecule has 1 aromatic rings. The van der Waals surface area contributed by atoms with Crippen LogP contribution in [0.2, 0.25) is 0 Å². The summed E-state index contributed by atoms with van der Waals surface area (Å²) in [5.74, 6) is 0. The number of rotatable bonds is 1. The zero-order valence-electron chi connectivity index (χ0n) is 8.45. The van der Waals surface area contributed by atoms with Gasteiger partial charge in [0.15, 0.2) is 0 Å². The lowest BCUT2D eigenvalue weighted by molar-refractivity contribution is 0.423. The van der Waals surface area contributed by atoms with Gasteiger partial charge >= 0.3 is 7.12 Å². The van der Waals surface area contributed by atoms with E-state index in [1.165, 1.54) is 0 Å². The minimum absolute atomic E-state index is 0.195. The largest absolute Gasteiger partial charge is 0.490 e. The second-order valence-electron chi connectivity index (χ2n) is 4.22. The van der Waals surface area contributed by atoms with Crippen molar-refractivity contribution < 1.29 is 10.0 Å². The van der Waals surface area contributed by atoms with Crippen LogP contribution in [-0.2, 0) is 5.41 Å². The van der Waals surface area contributed by atoms with Gasteiger partial charge in [-0.05, 0) is 22.0 Å². The van der Waals surface area contributed by atoms with E-state index in [0.717, 1.165) is 4.47 Å². The van der Waals surface area contributed by atoms with Crippen molar-refractivity contribution in [1.29, 1.82) is 0 Å². The zero-order chi connectivity index (χ0) is 10.9. The molecule has 3 nitrogen and oxygen atoms in total. The van der Waals surface area contributed by atoms with Gasteiger partial charge in [-0.2, -0.15) is 0 Å². The van der Waals surface area contributed by atoms with E-state index in [-0.39, 0.29) is 5.41 Å². The summed E-state index contributed by atoms with van der Waals surface area (Å²) in [6.45, 7) is 5.94. The van der Waals surface area contributed by atoms with Gasteiger partial charge in [0.05, 0.1) is 0 Å². The summed E-state index contributed by atoms with van der Waals surface area (Å²) in [4.78, 5) is 4.20. The lowest BCUT2D eigenvalue weighted by Crippen LogP contribution is -2.38. The second-order valence-corrected chi connectivity index (χ2v) is 5.13. The highest BCUT2D eigenvalue weighted by Crippen LogP contribution is 2.19. The van der Waals surface area contributed by atoms with E-state index in [1.807, 2.05) is 20.8 Å². The van der Waals surface area contributed by atoms with Crippen molar-refractivity contribution in [2.24, 2.45) is 0 Å². The van der Waals surface area contributed by atoms with Gasteiger partial charge in [-0.15, -0.1) is 0 Å². The molecule has 0 radical (unpaired) electrons. The van der Waals surface area contributed by atoms with Gasteiger partial charge in [-0.1, -0.05) is 20.8 Å². The van der Waals surface area contributed by atoms with E-state index in [1.54, 1.807) is 12.3 Å². The molecule has 0 fully saturated rings. The van der Waals surface area contributed by atoms with E-state index >= 15 is 0 Å². The quantitative estimate of drug-likeness (QED) is 0.733. The van der Waals surface area contributed by atoms with Crippen molar-refractivity contribution in [2.75, 3.05) is 0 Å². The molecule has 0 saturated heterocycles. The predicted octanol–water partition coefficient (Wildman–Crippen LogP) is 0.821. The van der Waals surface area contributed by atoms with Crippen molar-refractivity contribution in [3.63, 3.8) is 0 Å². The molecule has 2 N–H and O–H groups in total. The molecule has 0 aliphatic heterocycles. The monoisotopic (exact) mass is 257 g/mol. The van der Waals surface area contributed by atoms with E-state index in [9.17, 15) is 10.0 Å². The minimum Gasteiger partial charge on any atom is -0.423 e. The molecule has 1 rings (SSSR count). The van der Waals surface area contributed by atoms with Crippen LogP contribution in [0.25, 0.3) is 0 Å². The van der Waals surface area contributed by atoms with E-state index in [4.69, 9.17) is 0 Å². The third kappa shape index (κ3) is 2.56. The molecule has 1 heterocycles. The Bertz CT molecular complexity index is 336. The Morgan fingerprint density at radius 1 is 1.36 bits per heavy atom. The molecule has 0 spiro atoms. The van der Waals surface area contributed by atoms with Gasteiger partial charge in [0.2, 0.25) is 0 Å². The average molecular weight is 258 g/mol. The Kier molecular flexibility index (Phi) is 3.34. The van der Waals surface area contributed by atoms with E-state index in [0.29, 0.717) is 11.2 Å².